The summed E-state index contributed by atoms with van der Waals surface area (Å²) in [6.07, 6.45) is 9.01. The van der Waals surface area contributed by atoms with E-state index in [9.17, 15) is 9.59 Å². The molecule has 0 spiro atoms. The van der Waals surface area contributed by atoms with Crippen LogP contribution in [0.2, 0.25) is 0 Å². The predicted octanol–water partition coefficient (Wildman–Crippen LogP) is 4.40. The zero-order valence-electron chi connectivity index (χ0n) is 16.3. The summed E-state index contributed by atoms with van der Waals surface area (Å²) in [6, 6.07) is 6.72. The second-order valence-corrected chi connectivity index (χ2v) is 6.95. The molecule has 148 valence electrons. The average molecular weight is 374 g/mol. The number of hydrogen-bond acceptors (Lipinski definition) is 4. The summed E-state index contributed by atoms with van der Waals surface area (Å²) in [5, 5.41) is 5.91. The predicted molar refractivity (Wildman–Crippen MR) is 104 cm³/mol. The minimum absolute atomic E-state index is 0.0215. The van der Waals surface area contributed by atoms with Crippen LogP contribution in [0.4, 0.5) is 0 Å². The first-order valence-corrected chi connectivity index (χ1v) is 9.73. The normalized spacial score (nSPS) is 13.1. The molecule has 6 nitrogen and oxygen atoms in total. The number of furan rings is 2. The van der Waals surface area contributed by atoms with Crippen molar-refractivity contribution >= 4 is 11.8 Å². The van der Waals surface area contributed by atoms with Gasteiger partial charge in [-0.05, 0) is 55.4 Å². The van der Waals surface area contributed by atoms with Gasteiger partial charge in [0.05, 0.1) is 12.5 Å². The lowest BCUT2D eigenvalue weighted by Crippen LogP contribution is -2.38. The van der Waals surface area contributed by atoms with Crippen LogP contribution in [0.3, 0.4) is 0 Å². The van der Waals surface area contributed by atoms with Crippen LogP contribution in [-0.2, 0) is 0 Å². The zero-order valence-corrected chi connectivity index (χ0v) is 16.3. The van der Waals surface area contributed by atoms with E-state index in [1.165, 1.54) is 12.5 Å². The lowest BCUT2D eigenvalue weighted by atomic mass is 9.76. The Morgan fingerprint density at radius 3 is 2.04 bits per heavy atom. The van der Waals surface area contributed by atoms with E-state index in [4.69, 9.17) is 8.83 Å². The minimum atomic E-state index is -0.193. The molecule has 0 radical (unpaired) electrons. The van der Waals surface area contributed by atoms with Crippen LogP contribution < -0.4 is 10.6 Å². The van der Waals surface area contributed by atoms with E-state index >= 15 is 0 Å². The Balaban J connectivity index is 1.85. The lowest BCUT2D eigenvalue weighted by Gasteiger charge is -2.33. The summed E-state index contributed by atoms with van der Waals surface area (Å²) >= 11 is 0. The van der Waals surface area contributed by atoms with Crippen molar-refractivity contribution in [2.24, 2.45) is 5.41 Å². The molecule has 2 rings (SSSR count). The second kappa shape index (κ2) is 10.6. The molecule has 0 saturated heterocycles. The van der Waals surface area contributed by atoms with E-state index in [-0.39, 0.29) is 17.2 Å². The minimum Gasteiger partial charge on any atom is -0.459 e. The van der Waals surface area contributed by atoms with Crippen LogP contribution in [0, 0.1) is 5.41 Å². The van der Waals surface area contributed by atoms with Crippen molar-refractivity contribution < 1.29 is 18.4 Å². The molecule has 0 unspecified atom stereocenters. The third kappa shape index (κ3) is 6.31. The maximum absolute atomic E-state index is 12.2. The molecule has 0 bridgehead atoms. The van der Waals surface area contributed by atoms with Gasteiger partial charge in [0.25, 0.3) is 11.8 Å². The van der Waals surface area contributed by atoms with Crippen LogP contribution in [0.15, 0.2) is 45.6 Å². The van der Waals surface area contributed by atoms with Crippen molar-refractivity contribution in [1.29, 1.82) is 0 Å². The van der Waals surface area contributed by atoms with Crippen LogP contribution in [0.1, 0.15) is 73.5 Å². The summed E-state index contributed by atoms with van der Waals surface area (Å²) in [4.78, 5) is 24.2. The third-order valence-electron chi connectivity index (χ3n) is 5.09. The van der Waals surface area contributed by atoms with Crippen LogP contribution in [-0.4, -0.2) is 24.9 Å². The van der Waals surface area contributed by atoms with Gasteiger partial charge in [0.15, 0.2) is 11.5 Å². The number of amides is 2. The molecular weight excluding hydrogens is 344 g/mol. The molecule has 0 aliphatic rings. The summed E-state index contributed by atoms with van der Waals surface area (Å²) < 4.78 is 10.3. The molecule has 2 aromatic heterocycles. The summed E-state index contributed by atoms with van der Waals surface area (Å²) in [5.74, 6) is 0.289. The van der Waals surface area contributed by atoms with Gasteiger partial charge in [0.2, 0.25) is 0 Å². The Hall–Kier alpha value is -2.50. The van der Waals surface area contributed by atoms with Crippen LogP contribution in [0.5, 0.6) is 0 Å². The molecule has 27 heavy (non-hydrogen) atoms. The van der Waals surface area contributed by atoms with Crippen molar-refractivity contribution in [2.45, 2.75) is 52.4 Å². The van der Waals surface area contributed by atoms with E-state index in [1.54, 1.807) is 24.3 Å². The summed E-state index contributed by atoms with van der Waals surface area (Å²) in [5.41, 5.74) is 0.0215. The quantitative estimate of drug-likeness (QED) is 0.539. The van der Waals surface area contributed by atoms with E-state index < -0.39 is 0 Å². The monoisotopic (exact) mass is 374 g/mol. The highest BCUT2D eigenvalue weighted by molar-refractivity contribution is 5.91. The highest BCUT2D eigenvalue weighted by Crippen LogP contribution is 2.33. The molecule has 2 aromatic rings. The molecule has 2 heterocycles. The van der Waals surface area contributed by atoms with Gasteiger partial charge in [-0.3, -0.25) is 9.59 Å². The maximum atomic E-state index is 12.2. The second-order valence-electron chi connectivity index (χ2n) is 6.95. The molecular formula is C21H30N2O4. The standard InChI is InChI=1S/C21H30N2O4/c1-3-5-11-21(4-2,16-23-20(25)18-10-7-15-27-18)12-8-13-22-19(24)17-9-6-14-26-17/h6-7,9-10,14-15H,3-5,8,11-13,16H2,1-2H3,(H,22,24)(H,23,25)/t21-/m1/s1. The van der Waals surface area contributed by atoms with E-state index in [2.05, 4.69) is 24.5 Å². The highest BCUT2D eigenvalue weighted by Gasteiger charge is 2.28. The summed E-state index contributed by atoms with van der Waals surface area (Å²) in [6.45, 7) is 5.52. The van der Waals surface area contributed by atoms with Crippen LogP contribution >= 0.6 is 0 Å². The Bertz CT molecular complexity index is 679. The Labute approximate surface area is 160 Å². The number of hydrogen-bond donors (Lipinski definition) is 2. The smallest absolute Gasteiger partial charge is 0.286 e. The van der Waals surface area contributed by atoms with Crippen molar-refractivity contribution in [1.82, 2.24) is 10.6 Å². The molecule has 0 aliphatic carbocycles. The first kappa shape index (κ1) is 20.8. The topological polar surface area (TPSA) is 84.5 Å². The van der Waals surface area contributed by atoms with Crippen molar-refractivity contribution in [3.05, 3.63) is 48.3 Å². The van der Waals surface area contributed by atoms with Gasteiger partial charge in [0.1, 0.15) is 0 Å². The van der Waals surface area contributed by atoms with Gasteiger partial charge in [-0.15, -0.1) is 0 Å². The SMILES string of the molecule is CCCC[C@](CC)(CCCNC(=O)c1ccco1)CNC(=O)c1ccco1. The molecule has 0 saturated carbocycles. The van der Waals surface area contributed by atoms with Gasteiger partial charge < -0.3 is 19.5 Å². The largest absolute Gasteiger partial charge is 0.459 e. The highest BCUT2D eigenvalue weighted by atomic mass is 16.3. The van der Waals surface area contributed by atoms with Crippen molar-refractivity contribution in [2.75, 3.05) is 13.1 Å². The van der Waals surface area contributed by atoms with Gasteiger partial charge in [0, 0.05) is 13.1 Å². The fourth-order valence-corrected chi connectivity index (χ4v) is 3.25. The van der Waals surface area contributed by atoms with Crippen molar-refractivity contribution in [3.63, 3.8) is 0 Å². The van der Waals surface area contributed by atoms with E-state index in [0.29, 0.717) is 24.6 Å². The van der Waals surface area contributed by atoms with Crippen molar-refractivity contribution in [3.8, 4) is 0 Å². The summed E-state index contributed by atoms with van der Waals surface area (Å²) in [7, 11) is 0. The Kier molecular flexibility index (Phi) is 8.17. The van der Waals surface area contributed by atoms with Gasteiger partial charge in [-0.25, -0.2) is 0 Å². The Morgan fingerprint density at radius 2 is 1.52 bits per heavy atom. The first-order valence-electron chi connectivity index (χ1n) is 9.73. The van der Waals surface area contributed by atoms with E-state index in [0.717, 1.165) is 38.5 Å². The third-order valence-corrected chi connectivity index (χ3v) is 5.09. The lowest BCUT2D eigenvalue weighted by molar-refractivity contribution is 0.0888. The number of carbonyl (C=O) groups excluding carboxylic acids is 2. The fourth-order valence-electron chi connectivity index (χ4n) is 3.25. The fraction of sp³-hybridized carbons (Fsp3) is 0.524. The number of unbranched alkanes of at least 4 members (excludes halogenated alkanes) is 1. The van der Waals surface area contributed by atoms with Crippen LogP contribution in [0.25, 0.3) is 0 Å². The average Bonchev–Trinajstić information content (AvgIpc) is 3.40. The molecule has 0 aliphatic heterocycles. The molecule has 6 heteroatoms. The molecule has 0 aromatic carbocycles. The first-order chi connectivity index (χ1) is 13.1. The number of nitrogens with one attached hydrogen (secondary N) is 2. The molecule has 1 atom stereocenters. The maximum Gasteiger partial charge on any atom is 0.286 e. The van der Waals surface area contributed by atoms with Gasteiger partial charge >= 0.3 is 0 Å². The zero-order chi connectivity index (χ0) is 19.5. The van der Waals surface area contributed by atoms with E-state index in [1.807, 2.05) is 0 Å². The van der Waals surface area contributed by atoms with Gasteiger partial charge in [-0.1, -0.05) is 26.7 Å². The Morgan fingerprint density at radius 1 is 0.926 bits per heavy atom. The molecule has 0 fully saturated rings. The van der Waals surface area contributed by atoms with Gasteiger partial charge in [-0.2, -0.15) is 0 Å². The molecule has 2 amide bonds. The number of carbonyl (C=O) groups is 2. The number of rotatable bonds is 12. The molecule has 2 N–H and O–H groups in total.